The monoisotopic (exact) mass is 519 g/mol. The first-order chi connectivity index (χ1) is 13.3. The lowest BCUT2D eigenvalue weighted by atomic mass is 10.2. The van der Waals surface area contributed by atoms with Gasteiger partial charge in [-0.05, 0) is 47.1 Å². The minimum absolute atomic E-state index is 0. The van der Waals surface area contributed by atoms with Crippen molar-refractivity contribution in [1.29, 1.82) is 0 Å². The van der Waals surface area contributed by atoms with Gasteiger partial charge in [-0.1, -0.05) is 6.07 Å². The Balaban J connectivity index is 0.00000420. The van der Waals surface area contributed by atoms with Gasteiger partial charge in [-0.2, -0.15) is 0 Å². The van der Waals surface area contributed by atoms with Crippen molar-refractivity contribution in [3.05, 3.63) is 23.9 Å². The maximum absolute atomic E-state index is 12.0. The lowest BCUT2D eigenvalue weighted by Gasteiger charge is -2.23. The van der Waals surface area contributed by atoms with Crippen molar-refractivity contribution in [3.63, 3.8) is 0 Å². The average Bonchev–Trinajstić information content (AvgIpc) is 3.06. The molecule has 0 bridgehead atoms. The zero-order valence-corrected chi connectivity index (χ0v) is 20.4. The summed E-state index contributed by atoms with van der Waals surface area (Å²) in [6, 6.07) is 3.90. The molecule has 1 saturated heterocycles. The number of nitrogens with zero attached hydrogens (tertiary/aromatic N) is 3. The lowest BCUT2D eigenvalue weighted by molar-refractivity contribution is 0.0507. The van der Waals surface area contributed by atoms with Gasteiger partial charge >= 0.3 is 6.09 Å². The number of pyridine rings is 1. The van der Waals surface area contributed by atoms with Crippen LogP contribution >= 0.6 is 24.0 Å². The molecule has 164 valence electrons. The third-order valence-electron chi connectivity index (χ3n) is 4.07. The van der Waals surface area contributed by atoms with Gasteiger partial charge < -0.3 is 25.0 Å². The van der Waals surface area contributed by atoms with Gasteiger partial charge in [0.15, 0.2) is 5.96 Å². The SMILES string of the molecule is CCNC(=NCc1cccnc1OCC)N1CCC(NC(=O)OC(C)(C)C)C1.I. The summed E-state index contributed by atoms with van der Waals surface area (Å²) in [6.45, 7) is 12.9. The average molecular weight is 519 g/mol. The van der Waals surface area contributed by atoms with Crippen LogP contribution in [-0.2, 0) is 11.3 Å². The molecule has 1 aromatic rings. The van der Waals surface area contributed by atoms with Crippen molar-refractivity contribution in [2.75, 3.05) is 26.2 Å². The molecule has 1 fully saturated rings. The molecule has 0 aromatic carbocycles. The van der Waals surface area contributed by atoms with Crippen molar-refractivity contribution in [2.45, 2.75) is 59.2 Å². The smallest absolute Gasteiger partial charge is 0.407 e. The van der Waals surface area contributed by atoms with Gasteiger partial charge in [0, 0.05) is 31.4 Å². The van der Waals surface area contributed by atoms with Gasteiger partial charge in [-0.3, -0.25) is 0 Å². The molecule has 1 unspecified atom stereocenters. The van der Waals surface area contributed by atoms with Gasteiger partial charge in [-0.25, -0.2) is 14.8 Å². The van der Waals surface area contributed by atoms with E-state index >= 15 is 0 Å². The summed E-state index contributed by atoms with van der Waals surface area (Å²) < 4.78 is 10.9. The topological polar surface area (TPSA) is 88.1 Å². The van der Waals surface area contributed by atoms with E-state index in [1.54, 1.807) is 6.20 Å². The first-order valence-electron chi connectivity index (χ1n) is 9.91. The molecule has 2 heterocycles. The molecule has 0 radical (unpaired) electrons. The van der Waals surface area contributed by atoms with Crippen LogP contribution in [0.25, 0.3) is 0 Å². The normalized spacial score (nSPS) is 16.8. The zero-order valence-electron chi connectivity index (χ0n) is 18.0. The van der Waals surface area contributed by atoms with Crippen molar-refractivity contribution < 1.29 is 14.3 Å². The summed E-state index contributed by atoms with van der Waals surface area (Å²) in [5.74, 6) is 1.44. The quantitative estimate of drug-likeness (QED) is 0.341. The number of nitrogens with one attached hydrogen (secondary N) is 2. The van der Waals surface area contributed by atoms with Crippen LogP contribution in [0.5, 0.6) is 5.88 Å². The Morgan fingerprint density at radius 3 is 2.79 bits per heavy atom. The Morgan fingerprint density at radius 1 is 1.38 bits per heavy atom. The number of hydrogen-bond acceptors (Lipinski definition) is 5. The van der Waals surface area contributed by atoms with Gasteiger partial charge in [-0.15, -0.1) is 24.0 Å². The summed E-state index contributed by atoms with van der Waals surface area (Å²) in [5, 5.41) is 6.28. The number of carbonyl (C=O) groups excluding carboxylic acids is 1. The van der Waals surface area contributed by atoms with Gasteiger partial charge in [0.25, 0.3) is 0 Å². The van der Waals surface area contributed by atoms with E-state index in [1.807, 2.05) is 46.8 Å². The minimum atomic E-state index is -0.499. The van der Waals surface area contributed by atoms with E-state index in [4.69, 9.17) is 14.5 Å². The van der Waals surface area contributed by atoms with Crippen LogP contribution in [0.4, 0.5) is 4.79 Å². The minimum Gasteiger partial charge on any atom is -0.478 e. The standard InChI is InChI=1S/C20H33N5O3.HI/c1-6-21-18(23-13-15-9-8-11-22-17(15)27-7-2)25-12-10-16(14-25)24-19(26)28-20(3,4)5;/h8-9,11,16H,6-7,10,12-14H2,1-5H3,(H,21,23)(H,24,26);1H. The third-order valence-corrected chi connectivity index (χ3v) is 4.07. The van der Waals surface area contributed by atoms with Crippen LogP contribution in [0, 0.1) is 0 Å². The molecule has 29 heavy (non-hydrogen) atoms. The number of aliphatic imine (C=N–C) groups is 1. The summed E-state index contributed by atoms with van der Waals surface area (Å²) in [4.78, 5) is 23.2. The molecular formula is C20H34IN5O3. The van der Waals surface area contributed by atoms with Crippen LogP contribution in [0.15, 0.2) is 23.3 Å². The van der Waals surface area contributed by atoms with Crippen molar-refractivity contribution >= 4 is 36.0 Å². The van der Waals surface area contributed by atoms with E-state index in [1.165, 1.54) is 0 Å². The molecule has 0 spiro atoms. The summed E-state index contributed by atoms with van der Waals surface area (Å²) in [5.41, 5.74) is 0.447. The summed E-state index contributed by atoms with van der Waals surface area (Å²) in [7, 11) is 0. The first kappa shape index (κ1) is 25.3. The summed E-state index contributed by atoms with van der Waals surface area (Å²) in [6.07, 6.45) is 2.19. The highest BCUT2D eigenvalue weighted by atomic mass is 127. The molecule has 1 atom stereocenters. The Hall–Kier alpha value is -1.78. The zero-order chi connectivity index (χ0) is 20.6. The number of halogens is 1. The highest BCUT2D eigenvalue weighted by Gasteiger charge is 2.27. The van der Waals surface area contributed by atoms with E-state index in [2.05, 4.69) is 20.5 Å². The molecule has 2 N–H and O–H groups in total. The molecule has 1 aromatic heterocycles. The number of carbonyl (C=O) groups is 1. The predicted octanol–water partition coefficient (Wildman–Crippen LogP) is 3.16. The fourth-order valence-corrected chi connectivity index (χ4v) is 2.94. The van der Waals surface area contributed by atoms with Gasteiger partial charge in [0.05, 0.1) is 19.2 Å². The van der Waals surface area contributed by atoms with E-state index in [9.17, 15) is 4.79 Å². The van der Waals surface area contributed by atoms with Crippen LogP contribution in [0.1, 0.15) is 46.6 Å². The largest absolute Gasteiger partial charge is 0.478 e. The molecular weight excluding hydrogens is 485 g/mol. The molecule has 1 amide bonds. The number of ether oxygens (including phenoxy) is 2. The second-order valence-electron chi connectivity index (χ2n) is 7.65. The van der Waals surface area contributed by atoms with Crippen LogP contribution in [0.3, 0.4) is 0 Å². The van der Waals surface area contributed by atoms with Crippen molar-refractivity contribution in [2.24, 2.45) is 4.99 Å². The van der Waals surface area contributed by atoms with E-state index < -0.39 is 5.60 Å². The Labute approximate surface area is 190 Å². The lowest BCUT2D eigenvalue weighted by Crippen LogP contribution is -2.44. The molecule has 1 aliphatic rings. The number of guanidine groups is 1. The highest BCUT2D eigenvalue weighted by molar-refractivity contribution is 14.0. The molecule has 8 nitrogen and oxygen atoms in total. The molecule has 2 rings (SSSR count). The fraction of sp³-hybridized carbons (Fsp3) is 0.650. The Kier molecular flexibility index (Phi) is 10.5. The highest BCUT2D eigenvalue weighted by Crippen LogP contribution is 2.16. The van der Waals surface area contributed by atoms with Gasteiger partial charge in [0.1, 0.15) is 5.60 Å². The number of hydrogen-bond donors (Lipinski definition) is 2. The van der Waals surface area contributed by atoms with Crippen LogP contribution in [-0.4, -0.2) is 59.8 Å². The second kappa shape index (κ2) is 12.0. The maximum atomic E-state index is 12.0. The van der Waals surface area contributed by atoms with E-state index in [-0.39, 0.29) is 36.1 Å². The molecule has 1 aliphatic heterocycles. The first-order valence-corrected chi connectivity index (χ1v) is 9.91. The fourth-order valence-electron chi connectivity index (χ4n) is 2.94. The number of rotatable bonds is 6. The van der Waals surface area contributed by atoms with Gasteiger partial charge in [0.2, 0.25) is 5.88 Å². The molecule has 0 aliphatic carbocycles. The van der Waals surface area contributed by atoms with E-state index in [0.717, 1.165) is 31.0 Å². The number of likely N-dealkylation sites (tertiary alicyclic amines) is 1. The maximum Gasteiger partial charge on any atom is 0.407 e. The Bertz CT molecular complexity index is 678. The number of amides is 1. The van der Waals surface area contributed by atoms with Crippen LogP contribution < -0.4 is 15.4 Å². The number of aromatic nitrogens is 1. The number of alkyl carbamates (subject to hydrolysis) is 1. The van der Waals surface area contributed by atoms with E-state index in [0.29, 0.717) is 25.6 Å². The summed E-state index contributed by atoms with van der Waals surface area (Å²) >= 11 is 0. The third kappa shape index (κ3) is 8.63. The molecule has 0 saturated carbocycles. The van der Waals surface area contributed by atoms with Crippen LogP contribution in [0.2, 0.25) is 0 Å². The van der Waals surface area contributed by atoms with Crippen molar-refractivity contribution in [1.82, 2.24) is 20.5 Å². The predicted molar refractivity (Wildman–Crippen MR) is 125 cm³/mol. The molecule has 9 heteroatoms. The van der Waals surface area contributed by atoms with Crippen molar-refractivity contribution in [3.8, 4) is 5.88 Å². The second-order valence-corrected chi connectivity index (χ2v) is 7.65. The Morgan fingerprint density at radius 2 is 2.14 bits per heavy atom.